The van der Waals surface area contributed by atoms with Gasteiger partial charge in [-0.05, 0) is 0 Å². The molecule has 0 radical (unpaired) electrons. The lowest BCUT2D eigenvalue weighted by atomic mass is 10.6. The van der Waals surface area contributed by atoms with Crippen molar-refractivity contribution in [2.24, 2.45) is 5.10 Å². The topological polar surface area (TPSA) is 83.7 Å². The molecular weight excluding hydrogens is 206 g/mol. The minimum atomic E-state index is -0.714. The monoisotopic (exact) mass is 213 g/mol. The fraction of sp³-hybridized carbons (Fsp3) is 0.333. The number of nitro groups is 1. The standard InChI is InChI=1S/C6H7N5O2S/c12-11(13)9-5-7-1-3-10(5)6-8-2-4-14-6/h2,4H,1,3H2,(H,7,9). The van der Waals surface area contributed by atoms with E-state index in [-0.39, 0.29) is 5.96 Å². The van der Waals surface area contributed by atoms with Crippen molar-refractivity contribution in [3.05, 3.63) is 21.7 Å². The van der Waals surface area contributed by atoms with E-state index < -0.39 is 5.03 Å². The molecule has 1 aliphatic rings. The normalized spacial score (nSPS) is 18.6. The van der Waals surface area contributed by atoms with Crippen molar-refractivity contribution in [1.82, 2.24) is 10.3 Å². The maximum absolute atomic E-state index is 10.2. The molecule has 74 valence electrons. The van der Waals surface area contributed by atoms with Crippen LogP contribution in [0.15, 0.2) is 16.7 Å². The molecule has 0 aliphatic carbocycles. The molecular formula is C6H7N5O2S. The van der Waals surface area contributed by atoms with E-state index in [1.165, 1.54) is 11.3 Å². The summed E-state index contributed by atoms with van der Waals surface area (Å²) in [6, 6.07) is 0. The van der Waals surface area contributed by atoms with E-state index >= 15 is 0 Å². The van der Waals surface area contributed by atoms with Gasteiger partial charge in [-0.15, -0.1) is 11.3 Å². The number of nitrogens with one attached hydrogen (secondary N) is 1. The van der Waals surface area contributed by atoms with Crippen LogP contribution in [0, 0.1) is 10.1 Å². The lowest BCUT2D eigenvalue weighted by molar-refractivity contribution is -0.485. The first-order valence-electron chi connectivity index (χ1n) is 3.91. The second-order valence-corrected chi connectivity index (χ2v) is 3.43. The van der Waals surface area contributed by atoms with Crippen molar-refractivity contribution in [3.63, 3.8) is 0 Å². The lowest BCUT2D eigenvalue weighted by Crippen LogP contribution is -2.30. The van der Waals surface area contributed by atoms with Crippen molar-refractivity contribution < 1.29 is 5.03 Å². The molecule has 1 aromatic heterocycles. The number of hydrogen-bond acceptors (Lipinski definition) is 4. The number of guanidine groups is 1. The Kier molecular flexibility index (Phi) is 2.27. The lowest BCUT2D eigenvalue weighted by Gasteiger charge is -2.10. The number of rotatable bonds is 2. The van der Waals surface area contributed by atoms with E-state index in [0.29, 0.717) is 13.1 Å². The molecule has 0 aromatic carbocycles. The van der Waals surface area contributed by atoms with E-state index in [1.807, 2.05) is 5.38 Å². The highest BCUT2D eigenvalue weighted by atomic mass is 32.1. The van der Waals surface area contributed by atoms with Crippen LogP contribution in [0.2, 0.25) is 0 Å². The van der Waals surface area contributed by atoms with Gasteiger partial charge in [0.05, 0.1) is 0 Å². The van der Waals surface area contributed by atoms with Crippen molar-refractivity contribution in [2.45, 2.75) is 0 Å². The van der Waals surface area contributed by atoms with Gasteiger partial charge in [0.15, 0.2) is 10.2 Å². The molecule has 2 heterocycles. The van der Waals surface area contributed by atoms with Gasteiger partial charge in [-0.1, -0.05) is 0 Å². The highest BCUT2D eigenvalue weighted by molar-refractivity contribution is 7.13. The molecule has 1 aliphatic heterocycles. The van der Waals surface area contributed by atoms with E-state index in [9.17, 15) is 10.1 Å². The van der Waals surface area contributed by atoms with Gasteiger partial charge in [0.1, 0.15) is 5.10 Å². The summed E-state index contributed by atoms with van der Waals surface area (Å²) in [5.41, 5.74) is 0. The van der Waals surface area contributed by atoms with E-state index in [4.69, 9.17) is 0 Å². The molecule has 1 aromatic rings. The summed E-state index contributed by atoms with van der Waals surface area (Å²) in [7, 11) is 0. The van der Waals surface area contributed by atoms with Crippen LogP contribution in [0.1, 0.15) is 0 Å². The van der Waals surface area contributed by atoms with Crippen molar-refractivity contribution in [3.8, 4) is 0 Å². The van der Waals surface area contributed by atoms with Gasteiger partial charge in [-0.25, -0.2) is 15.1 Å². The summed E-state index contributed by atoms with van der Waals surface area (Å²) in [6.45, 7) is 1.30. The summed E-state index contributed by atoms with van der Waals surface area (Å²) < 4.78 is 0. The van der Waals surface area contributed by atoms with Gasteiger partial charge in [0.25, 0.3) is 5.96 Å². The SMILES string of the molecule is O=[N+]([O-])/N=C1\NCCN1c1nccs1. The minimum absolute atomic E-state index is 0.255. The first-order chi connectivity index (χ1) is 6.77. The second-order valence-electron chi connectivity index (χ2n) is 2.55. The van der Waals surface area contributed by atoms with Crippen LogP contribution in [0.3, 0.4) is 0 Å². The third-order valence-electron chi connectivity index (χ3n) is 1.70. The summed E-state index contributed by atoms with van der Waals surface area (Å²) in [4.78, 5) is 15.9. The number of anilines is 1. The average Bonchev–Trinajstić information content (AvgIpc) is 2.70. The molecule has 2 rings (SSSR count). The molecule has 0 amide bonds. The number of hydrazone groups is 1. The van der Waals surface area contributed by atoms with Crippen LogP contribution in [0.5, 0.6) is 0 Å². The van der Waals surface area contributed by atoms with Gasteiger partial charge in [0, 0.05) is 24.7 Å². The predicted molar refractivity (Wildman–Crippen MR) is 51.9 cm³/mol. The zero-order valence-corrected chi connectivity index (χ0v) is 7.90. The zero-order valence-electron chi connectivity index (χ0n) is 7.08. The maximum atomic E-state index is 10.2. The number of thiazole rings is 1. The van der Waals surface area contributed by atoms with Crippen molar-refractivity contribution >= 4 is 22.4 Å². The Labute approximate surface area is 83.2 Å². The van der Waals surface area contributed by atoms with E-state index in [0.717, 1.165) is 5.13 Å². The smallest absolute Gasteiger partial charge is 0.277 e. The number of aromatic nitrogens is 1. The van der Waals surface area contributed by atoms with Gasteiger partial charge in [0.2, 0.25) is 0 Å². The fourth-order valence-electron chi connectivity index (χ4n) is 1.18. The van der Waals surface area contributed by atoms with E-state index in [2.05, 4.69) is 15.4 Å². The molecule has 1 fully saturated rings. The van der Waals surface area contributed by atoms with Gasteiger partial charge in [-0.3, -0.25) is 4.90 Å². The summed E-state index contributed by atoms with van der Waals surface area (Å²) in [6.07, 6.45) is 1.65. The van der Waals surface area contributed by atoms with E-state index in [1.54, 1.807) is 11.1 Å². The van der Waals surface area contributed by atoms with Crippen molar-refractivity contribution in [1.29, 1.82) is 0 Å². The summed E-state index contributed by atoms with van der Waals surface area (Å²) >= 11 is 1.42. The Morgan fingerprint density at radius 2 is 2.64 bits per heavy atom. The molecule has 14 heavy (non-hydrogen) atoms. The maximum Gasteiger partial charge on any atom is 0.277 e. The molecule has 0 saturated carbocycles. The third kappa shape index (κ3) is 1.64. The molecule has 0 atom stereocenters. The molecule has 7 nitrogen and oxygen atoms in total. The van der Waals surface area contributed by atoms with Crippen LogP contribution in [0.4, 0.5) is 5.13 Å². The van der Waals surface area contributed by atoms with Crippen LogP contribution in [-0.4, -0.2) is 29.1 Å². The Morgan fingerprint density at radius 1 is 1.79 bits per heavy atom. The highest BCUT2D eigenvalue weighted by Gasteiger charge is 2.24. The van der Waals surface area contributed by atoms with Crippen LogP contribution < -0.4 is 10.2 Å². The Hall–Kier alpha value is -1.70. The average molecular weight is 213 g/mol. The molecule has 1 N–H and O–H groups in total. The molecule has 0 unspecified atom stereocenters. The second kappa shape index (κ2) is 3.58. The quantitative estimate of drug-likeness (QED) is 0.556. The molecule has 0 bridgehead atoms. The summed E-state index contributed by atoms with van der Waals surface area (Å²) in [5.74, 6) is 0.255. The fourth-order valence-corrected chi connectivity index (χ4v) is 1.85. The Morgan fingerprint density at radius 3 is 3.29 bits per heavy atom. The molecule has 1 saturated heterocycles. The van der Waals surface area contributed by atoms with Crippen LogP contribution in [0.25, 0.3) is 0 Å². The van der Waals surface area contributed by atoms with Gasteiger partial charge >= 0.3 is 0 Å². The van der Waals surface area contributed by atoms with Crippen molar-refractivity contribution in [2.75, 3.05) is 18.0 Å². The van der Waals surface area contributed by atoms with Crippen LogP contribution in [-0.2, 0) is 0 Å². The Balaban J connectivity index is 2.23. The highest BCUT2D eigenvalue weighted by Crippen LogP contribution is 2.18. The first-order valence-corrected chi connectivity index (χ1v) is 4.79. The van der Waals surface area contributed by atoms with Gasteiger partial charge < -0.3 is 5.32 Å². The largest absolute Gasteiger partial charge is 0.349 e. The Bertz CT molecular complexity index is 362. The minimum Gasteiger partial charge on any atom is -0.349 e. The van der Waals surface area contributed by atoms with Gasteiger partial charge in [-0.2, -0.15) is 0 Å². The third-order valence-corrected chi connectivity index (χ3v) is 2.50. The van der Waals surface area contributed by atoms with Crippen LogP contribution >= 0.6 is 11.3 Å². The predicted octanol–water partition coefficient (Wildman–Crippen LogP) is 0.100. The summed E-state index contributed by atoms with van der Waals surface area (Å²) in [5, 5.41) is 18.1. The first kappa shape index (κ1) is 8.88. The molecule has 0 spiro atoms. The zero-order chi connectivity index (χ0) is 9.97. The number of nitrogens with zero attached hydrogens (tertiary/aromatic N) is 4. The molecule has 8 heteroatoms. The number of hydrogen-bond donors (Lipinski definition) is 1.